The molecule has 1 N–H and O–H groups in total. The molecular weight excluding hydrogens is 302 g/mol. The third-order valence-electron chi connectivity index (χ3n) is 3.64. The molecule has 116 valence electrons. The summed E-state index contributed by atoms with van der Waals surface area (Å²) in [4.78, 5) is 2.31. The van der Waals surface area contributed by atoms with Gasteiger partial charge in [0.05, 0.1) is 28.7 Å². The van der Waals surface area contributed by atoms with E-state index in [9.17, 15) is 13.5 Å². The van der Waals surface area contributed by atoms with Crippen molar-refractivity contribution in [2.45, 2.75) is 9.79 Å². The van der Waals surface area contributed by atoms with E-state index in [0.717, 1.165) is 0 Å². The topological polar surface area (TPSA) is 66.8 Å². The molecule has 3 rings (SSSR count). The highest BCUT2D eigenvalue weighted by Crippen LogP contribution is 2.33. The summed E-state index contributed by atoms with van der Waals surface area (Å²) in [5.74, 6) is -0.0634. The summed E-state index contributed by atoms with van der Waals surface area (Å²) in [6.07, 6.45) is 0. The Kier molecular flexibility index (Phi) is 4.04. The van der Waals surface area contributed by atoms with Crippen LogP contribution in [0.3, 0.4) is 0 Å². The van der Waals surface area contributed by atoms with Crippen LogP contribution in [-0.4, -0.2) is 39.8 Å². The van der Waals surface area contributed by atoms with Crippen LogP contribution >= 0.6 is 0 Å². The fourth-order valence-corrected chi connectivity index (χ4v) is 4.03. The van der Waals surface area contributed by atoms with E-state index in [1.165, 1.54) is 12.1 Å². The Morgan fingerprint density at radius 1 is 1.00 bits per heavy atom. The number of anilines is 1. The first-order valence-corrected chi connectivity index (χ1v) is 8.53. The number of benzene rings is 2. The van der Waals surface area contributed by atoms with E-state index < -0.39 is 9.84 Å². The van der Waals surface area contributed by atoms with Crippen LogP contribution in [0, 0.1) is 0 Å². The van der Waals surface area contributed by atoms with Gasteiger partial charge in [-0.2, -0.15) is 0 Å². The third-order valence-corrected chi connectivity index (χ3v) is 5.44. The Hall–Kier alpha value is -2.05. The lowest BCUT2D eigenvalue weighted by atomic mass is 10.2. The maximum atomic E-state index is 12.9. The van der Waals surface area contributed by atoms with Gasteiger partial charge in [0.15, 0.2) is 0 Å². The van der Waals surface area contributed by atoms with Crippen LogP contribution in [-0.2, 0) is 14.6 Å². The maximum absolute atomic E-state index is 12.9. The van der Waals surface area contributed by atoms with Crippen LogP contribution in [0.1, 0.15) is 0 Å². The molecule has 0 radical (unpaired) electrons. The van der Waals surface area contributed by atoms with Gasteiger partial charge in [-0.25, -0.2) is 8.42 Å². The Morgan fingerprint density at radius 3 is 2.36 bits per heavy atom. The molecule has 1 aliphatic heterocycles. The lowest BCUT2D eigenvalue weighted by Crippen LogP contribution is -2.37. The zero-order valence-electron chi connectivity index (χ0n) is 12.0. The van der Waals surface area contributed by atoms with Crippen molar-refractivity contribution in [3.8, 4) is 5.75 Å². The summed E-state index contributed by atoms with van der Waals surface area (Å²) < 4.78 is 31.1. The van der Waals surface area contributed by atoms with E-state index >= 15 is 0 Å². The van der Waals surface area contributed by atoms with Crippen LogP contribution in [0.4, 0.5) is 5.69 Å². The number of phenols is 1. The number of rotatable bonds is 3. The molecule has 0 saturated carbocycles. The summed E-state index contributed by atoms with van der Waals surface area (Å²) in [5.41, 5.74) is 0.602. The summed E-state index contributed by atoms with van der Waals surface area (Å²) in [7, 11) is -3.68. The molecule has 1 heterocycles. The van der Waals surface area contributed by atoms with Crippen molar-refractivity contribution in [3.05, 3.63) is 48.5 Å². The predicted molar refractivity (Wildman–Crippen MR) is 83.0 cm³/mol. The molecule has 0 unspecified atom stereocenters. The van der Waals surface area contributed by atoms with Gasteiger partial charge in [-0.1, -0.05) is 18.2 Å². The van der Waals surface area contributed by atoms with Gasteiger partial charge in [-0.15, -0.1) is 0 Å². The minimum atomic E-state index is -3.68. The molecule has 0 aliphatic carbocycles. The monoisotopic (exact) mass is 319 g/mol. The first-order valence-electron chi connectivity index (χ1n) is 7.05. The second-order valence-electron chi connectivity index (χ2n) is 5.07. The van der Waals surface area contributed by atoms with Gasteiger partial charge in [0.2, 0.25) is 9.84 Å². The van der Waals surface area contributed by atoms with Crippen molar-refractivity contribution in [1.82, 2.24) is 0 Å². The summed E-state index contributed by atoms with van der Waals surface area (Å²) in [6, 6.07) is 12.7. The standard InChI is InChI=1S/C16H17NO4S/c18-13-6-7-15(17-8-10-21-11-9-17)16(12-13)22(19,20)14-4-2-1-3-5-14/h1-7,12,18H,8-11H2. The number of hydrogen-bond donors (Lipinski definition) is 1. The highest BCUT2D eigenvalue weighted by Gasteiger charge is 2.25. The van der Waals surface area contributed by atoms with Gasteiger partial charge >= 0.3 is 0 Å². The fourth-order valence-electron chi connectivity index (χ4n) is 2.51. The average molecular weight is 319 g/mol. The van der Waals surface area contributed by atoms with E-state index in [1.54, 1.807) is 36.4 Å². The Balaban J connectivity index is 2.11. The molecule has 0 spiro atoms. The number of nitrogens with zero attached hydrogens (tertiary/aromatic N) is 1. The molecule has 0 bridgehead atoms. The average Bonchev–Trinajstić information content (AvgIpc) is 2.56. The molecule has 1 fully saturated rings. The number of phenolic OH excluding ortho intramolecular Hbond substituents is 1. The van der Waals surface area contributed by atoms with E-state index in [0.29, 0.717) is 32.0 Å². The molecule has 0 aromatic heterocycles. The minimum Gasteiger partial charge on any atom is -0.508 e. The van der Waals surface area contributed by atoms with Crippen LogP contribution in [0.25, 0.3) is 0 Å². The highest BCUT2D eigenvalue weighted by atomic mass is 32.2. The van der Waals surface area contributed by atoms with Crippen molar-refractivity contribution in [3.63, 3.8) is 0 Å². The van der Waals surface area contributed by atoms with Gasteiger partial charge in [0, 0.05) is 19.2 Å². The maximum Gasteiger partial charge on any atom is 0.208 e. The van der Waals surface area contributed by atoms with Crippen molar-refractivity contribution in [2.75, 3.05) is 31.2 Å². The fraction of sp³-hybridized carbons (Fsp3) is 0.250. The normalized spacial score (nSPS) is 15.7. The minimum absolute atomic E-state index is 0.0634. The number of ether oxygens (including phenoxy) is 1. The molecule has 2 aromatic carbocycles. The third kappa shape index (κ3) is 2.80. The summed E-state index contributed by atoms with van der Waals surface area (Å²) in [5, 5.41) is 9.74. The van der Waals surface area contributed by atoms with Gasteiger partial charge in [0.1, 0.15) is 5.75 Å². The molecule has 0 amide bonds. The molecule has 22 heavy (non-hydrogen) atoms. The Labute approximate surface area is 129 Å². The van der Waals surface area contributed by atoms with Crippen LogP contribution in [0.15, 0.2) is 58.3 Å². The van der Waals surface area contributed by atoms with Crippen LogP contribution < -0.4 is 4.90 Å². The molecule has 0 atom stereocenters. The number of aromatic hydroxyl groups is 1. The Morgan fingerprint density at radius 2 is 1.68 bits per heavy atom. The van der Waals surface area contributed by atoms with E-state index in [1.807, 2.05) is 4.90 Å². The smallest absolute Gasteiger partial charge is 0.208 e. The number of sulfone groups is 1. The summed E-state index contributed by atoms with van der Waals surface area (Å²) in [6.45, 7) is 2.38. The van der Waals surface area contributed by atoms with E-state index in [-0.39, 0.29) is 15.5 Å². The molecule has 1 aliphatic rings. The SMILES string of the molecule is O=S(=O)(c1ccccc1)c1cc(O)ccc1N1CCOCC1. The first kappa shape index (κ1) is 14.9. The van der Waals surface area contributed by atoms with Crippen LogP contribution in [0.5, 0.6) is 5.75 Å². The van der Waals surface area contributed by atoms with Crippen molar-refractivity contribution in [1.29, 1.82) is 0 Å². The largest absolute Gasteiger partial charge is 0.508 e. The molecule has 1 saturated heterocycles. The second-order valence-corrected chi connectivity index (χ2v) is 6.99. The van der Waals surface area contributed by atoms with Gasteiger partial charge in [-0.3, -0.25) is 0 Å². The summed E-state index contributed by atoms with van der Waals surface area (Å²) >= 11 is 0. The highest BCUT2D eigenvalue weighted by molar-refractivity contribution is 7.91. The van der Waals surface area contributed by atoms with Gasteiger partial charge in [-0.05, 0) is 24.3 Å². The molecule has 6 heteroatoms. The van der Waals surface area contributed by atoms with Crippen LogP contribution in [0.2, 0.25) is 0 Å². The zero-order valence-corrected chi connectivity index (χ0v) is 12.8. The van der Waals surface area contributed by atoms with Crippen molar-refractivity contribution >= 4 is 15.5 Å². The first-order chi connectivity index (χ1) is 10.6. The number of hydrogen-bond acceptors (Lipinski definition) is 5. The van der Waals surface area contributed by atoms with E-state index in [2.05, 4.69) is 0 Å². The van der Waals surface area contributed by atoms with Gasteiger partial charge < -0.3 is 14.7 Å². The second kappa shape index (κ2) is 5.98. The number of morpholine rings is 1. The lowest BCUT2D eigenvalue weighted by molar-refractivity contribution is 0.122. The molecule has 5 nitrogen and oxygen atoms in total. The Bertz CT molecular complexity index is 753. The van der Waals surface area contributed by atoms with E-state index in [4.69, 9.17) is 4.74 Å². The van der Waals surface area contributed by atoms with Gasteiger partial charge in [0.25, 0.3) is 0 Å². The van der Waals surface area contributed by atoms with Crippen molar-refractivity contribution < 1.29 is 18.3 Å². The lowest BCUT2D eigenvalue weighted by Gasteiger charge is -2.30. The molecular formula is C16H17NO4S. The van der Waals surface area contributed by atoms with Crippen molar-refractivity contribution in [2.24, 2.45) is 0 Å². The molecule has 2 aromatic rings. The quantitative estimate of drug-likeness (QED) is 0.938. The zero-order chi connectivity index (χ0) is 15.6. The predicted octanol–water partition coefficient (Wildman–Crippen LogP) is 2.06.